The van der Waals surface area contributed by atoms with Crippen molar-refractivity contribution in [1.29, 1.82) is 0 Å². The second-order valence-corrected chi connectivity index (χ2v) is 6.01. The van der Waals surface area contributed by atoms with Crippen molar-refractivity contribution in [1.82, 2.24) is 9.71 Å². The Kier molecular flexibility index (Phi) is 4.06. The Morgan fingerprint density at radius 3 is 2.93 bits per heavy atom. The summed E-state index contributed by atoms with van der Waals surface area (Å²) in [5, 5.41) is 0. The monoisotopic (exact) mass is 252 g/mol. The molecule has 0 saturated carbocycles. The molecule has 14 heavy (non-hydrogen) atoms. The standard InChI is InChI=1S/C7H9ClN2O2S2/c1-2-3-4-10-14(11,12)6-5-9-7(8)13-6/h2,5,10H,1,3-4H2. The molecule has 1 aromatic heterocycles. The van der Waals surface area contributed by atoms with E-state index in [0.29, 0.717) is 13.0 Å². The number of sulfonamides is 1. The SMILES string of the molecule is C=CCCNS(=O)(=O)c1cnc(Cl)s1. The molecule has 0 saturated heterocycles. The summed E-state index contributed by atoms with van der Waals surface area (Å²) >= 11 is 6.46. The average molecular weight is 253 g/mol. The molecular weight excluding hydrogens is 244 g/mol. The summed E-state index contributed by atoms with van der Waals surface area (Å²) in [6, 6.07) is 0. The number of hydrogen-bond donors (Lipinski definition) is 1. The molecule has 1 rings (SSSR count). The van der Waals surface area contributed by atoms with Crippen LogP contribution >= 0.6 is 22.9 Å². The molecule has 4 nitrogen and oxygen atoms in total. The van der Waals surface area contributed by atoms with E-state index < -0.39 is 10.0 Å². The van der Waals surface area contributed by atoms with Gasteiger partial charge in [-0.3, -0.25) is 0 Å². The smallest absolute Gasteiger partial charge is 0.232 e. The van der Waals surface area contributed by atoms with Crippen molar-refractivity contribution in [2.45, 2.75) is 10.6 Å². The molecule has 0 spiro atoms. The zero-order chi connectivity index (χ0) is 10.6. The second kappa shape index (κ2) is 4.88. The summed E-state index contributed by atoms with van der Waals surface area (Å²) in [6.45, 7) is 3.83. The molecule has 0 radical (unpaired) electrons. The maximum absolute atomic E-state index is 11.5. The van der Waals surface area contributed by atoms with Crippen LogP contribution in [-0.2, 0) is 10.0 Å². The molecule has 78 valence electrons. The number of nitrogens with one attached hydrogen (secondary N) is 1. The van der Waals surface area contributed by atoms with Crippen molar-refractivity contribution in [2.24, 2.45) is 0 Å². The van der Waals surface area contributed by atoms with Crippen molar-refractivity contribution in [3.8, 4) is 0 Å². The van der Waals surface area contributed by atoms with Crippen molar-refractivity contribution in [3.05, 3.63) is 23.3 Å². The Balaban J connectivity index is 2.71. The molecule has 0 fully saturated rings. The highest BCUT2D eigenvalue weighted by Crippen LogP contribution is 2.21. The topological polar surface area (TPSA) is 59.1 Å². The van der Waals surface area contributed by atoms with Crippen molar-refractivity contribution >= 4 is 33.0 Å². The van der Waals surface area contributed by atoms with Gasteiger partial charge in [0.05, 0.1) is 6.20 Å². The van der Waals surface area contributed by atoms with Crippen LogP contribution in [0.1, 0.15) is 6.42 Å². The van der Waals surface area contributed by atoms with Gasteiger partial charge in [-0.15, -0.1) is 6.58 Å². The largest absolute Gasteiger partial charge is 0.251 e. The van der Waals surface area contributed by atoms with Crippen LogP contribution in [0.15, 0.2) is 23.1 Å². The van der Waals surface area contributed by atoms with E-state index in [1.165, 1.54) is 6.20 Å². The fourth-order valence-corrected chi connectivity index (χ4v) is 3.11. The van der Waals surface area contributed by atoms with E-state index in [2.05, 4.69) is 16.3 Å². The predicted octanol–water partition coefficient (Wildman–Crippen LogP) is 1.65. The minimum absolute atomic E-state index is 0.131. The van der Waals surface area contributed by atoms with E-state index in [1.807, 2.05) is 0 Å². The van der Waals surface area contributed by atoms with Crippen LogP contribution in [-0.4, -0.2) is 19.9 Å². The van der Waals surface area contributed by atoms with Gasteiger partial charge in [0.2, 0.25) is 0 Å². The molecule has 0 unspecified atom stereocenters. The van der Waals surface area contributed by atoms with E-state index in [1.54, 1.807) is 6.08 Å². The average Bonchev–Trinajstić information content (AvgIpc) is 2.53. The van der Waals surface area contributed by atoms with Crippen LogP contribution in [0.3, 0.4) is 0 Å². The fraction of sp³-hybridized carbons (Fsp3) is 0.286. The van der Waals surface area contributed by atoms with Crippen LogP contribution in [0.4, 0.5) is 0 Å². The zero-order valence-electron chi connectivity index (χ0n) is 7.23. The van der Waals surface area contributed by atoms with Crippen molar-refractivity contribution in [3.63, 3.8) is 0 Å². The summed E-state index contributed by atoms with van der Waals surface area (Å²) in [6.07, 6.45) is 3.47. The lowest BCUT2D eigenvalue weighted by Crippen LogP contribution is -2.23. The summed E-state index contributed by atoms with van der Waals surface area (Å²) in [7, 11) is -3.44. The lowest BCUT2D eigenvalue weighted by molar-refractivity contribution is 0.584. The Morgan fingerprint density at radius 1 is 1.71 bits per heavy atom. The highest BCUT2D eigenvalue weighted by Gasteiger charge is 2.16. The van der Waals surface area contributed by atoms with E-state index in [4.69, 9.17) is 11.6 Å². The number of halogens is 1. The third-order valence-corrected chi connectivity index (χ3v) is 4.40. The third kappa shape index (κ3) is 3.06. The van der Waals surface area contributed by atoms with E-state index in [0.717, 1.165) is 11.3 Å². The first kappa shape index (κ1) is 11.6. The minimum atomic E-state index is -3.44. The predicted molar refractivity (Wildman–Crippen MR) is 57.1 cm³/mol. The van der Waals surface area contributed by atoms with Gasteiger partial charge >= 0.3 is 0 Å². The highest BCUT2D eigenvalue weighted by molar-refractivity contribution is 7.91. The molecule has 0 aromatic carbocycles. The van der Waals surface area contributed by atoms with Gasteiger partial charge in [-0.1, -0.05) is 29.0 Å². The maximum atomic E-state index is 11.5. The van der Waals surface area contributed by atoms with E-state index in [9.17, 15) is 8.42 Å². The van der Waals surface area contributed by atoms with Gasteiger partial charge in [0, 0.05) is 6.54 Å². The van der Waals surface area contributed by atoms with Crippen LogP contribution in [0.2, 0.25) is 4.47 Å². The van der Waals surface area contributed by atoms with Crippen LogP contribution < -0.4 is 4.72 Å². The number of thiazole rings is 1. The molecule has 1 aromatic rings. The molecule has 7 heteroatoms. The maximum Gasteiger partial charge on any atom is 0.251 e. The molecule has 1 heterocycles. The van der Waals surface area contributed by atoms with Crippen molar-refractivity contribution in [2.75, 3.05) is 6.54 Å². The first-order chi connectivity index (χ1) is 6.56. The Bertz CT molecular complexity index is 413. The molecular formula is C7H9ClN2O2S2. The summed E-state index contributed by atoms with van der Waals surface area (Å²) in [5.74, 6) is 0. The number of rotatable bonds is 5. The molecule has 1 N–H and O–H groups in total. The molecule has 0 amide bonds. The summed E-state index contributed by atoms with van der Waals surface area (Å²) in [5.41, 5.74) is 0. The first-order valence-corrected chi connectivity index (χ1v) is 6.46. The lowest BCUT2D eigenvalue weighted by Gasteiger charge is -2.00. The normalized spacial score (nSPS) is 11.5. The van der Waals surface area contributed by atoms with Gasteiger partial charge < -0.3 is 0 Å². The second-order valence-electron chi connectivity index (χ2n) is 2.41. The minimum Gasteiger partial charge on any atom is -0.232 e. The lowest BCUT2D eigenvalue weighted by atomic mass is 10.4. The zero-order valence-corrected chi connectivity index (χ0v) is 9.62. The highest BCUT2D eigenvalue weighted by atomic mass is 35.5. The van der Waals surface area contributed by atoms with Gasteiger partial charge in [-0.25, -0.2) is 18.1 Å². The molecule has 0 atom stereocenters. The van der Waals surface area contributed by atoms with Crippen molar-refractivity contribution < 1.29 is 8.42 Å². The molecule has 0 bridgehead atoms. The molecule has 0 aliphatic carbocycles. The number of nitrogens with zero attached hydrogens (tertiary/aromatic N) is 1. The molecule has 0 aliphatic heterocycles. The summed E-state index contributed by atoms with van der Waals surface area (Å²) < 4.78 is 25.7. The van der Waals surface area contributed by atoms with Gasteiger partial charge in [0.15, 0.2) is 8.68 Å². The number of hydrogen-bond acceptors (Lipinski definition) is 4. The third-order valence-electron chi connectivity index (χ3n) is 1.36. The van der Waals surface area contributed by atoms with E-state index >= 15 is 0 Å². The van der Waals surface area contributed by atoms with Gasteiger partial charge in [-0.05, 0) is 6.42 Å². The van der Waals surface area contributed by atoms with Crippen LogP contribution in [0.25, 0.3) is 0 Å². The van der Waals surface area contributed by atoms with E-state index in [-0.39, 0.29) is 8.68 Å². The van der Waals surface area contributed by atoms with Crippen LogP contribution in [0, 0.1) is 0 Å². The Labute approximate surface area is 91.7 Å². The van der Waals surface area contributed by atoms with Gasteiger partial charge in [-0.2, -0.15) is 0 Å². The Morgan fingerprint density at radius 2 is 2.43 bits per heavy atom. The van der Waals surface area contributed by atoms with Gasteiger partial charge in [0.25, 0.3) is 10.0 Å². The quantitative estimate of drug-likeness (QED) is 0.640. The molecule has 0 aliphatic rings. The Hall–Kier alpha value is -0.430. The van der Waals surface area contributed by atoms with Crippen LogP contribution in [0.5, 0.6) is 0 Å². The summed E-state index contributed by atoms with van der Waals surface area (Å²) in [4.78, 5) is 3.66. The number of aromatic nitrogens is 1. The first-order valence-electron chi connectivity index (χ1n) is 3.78. The van der Waals surface area contributed by atoms with Gasteiger partial charge in [0.1, 0.15) is 0 Å². The fourth-order valence-electron chi connectivity index (χ4n) is 0.730.